The number of thiophene rings is 1. The fourth-order valence-corrected chi connectivity index (χ4v) is 5.15. The second-order valence-electron chi connectivity index (χ2n) is 8.04. The lowest BCUT2D eigenvalue weighted by Crippen LogP contribution is -2.49. The summed E-state index contributed by atoms with van der Waals surface area (Å²) >= 11 is 1.79. The fraction of sp³-hybridized carbons (Fsp3) is 0.750. The van der Waals surface area contributed by atoms with E-state index in [1.165, 1.54) is 30.6 Å². The average Bonchev–Trinajstić information content (AvgIpc) is 3.29. The van der Waals surface area contributed by atoms with Gasteiger partial charge in [0.05, 0.1) is 6.04 Å². The highest BCUT2D eigenvalue weighted by atomic mass is 32.1. The van der Waals surface area contributed by atoms with Gasteiger partial charge in [0, 0.05) is 30.6 Å². The van der Waals surface area contributed by atoms with E-state index in [1.54, 1.807) is 11.3 Å². The summed E-state index contributed by atoms with van der Waals surface area (Å²) in [5, 5.41) is 8.37. The van der Waals surface area contributed by atoms with Gasteiger partial charge in [0.15, 0.2) is 0 Å². The van der Waals surface area contributed by atoms with E-state index in [0.29, 0.717) is 12.6 Å². The summed E-state index contributed by atoms with van der Waals surface area (Å²) < 4.78 is 0. The highest BCUT2D eigenvalue weighted by molar-refractivity contribution is 7.10. The number of nitrogens with one attached hydrogen (secondary N) is 2. The zero-order valence-electron chi connectivity index (χ0n) is 16.2. The van der Waals surface area contributed by atoms with Crippen molar-refractivity contribution in [3.05, 3.63) is 22.4 Å². The molecule has 1 aromatic rings. The van der Waals surface area contributed by atoms with E-state index in [0.717, 1.165) is 38.6 Å². The van der Waals surface area contributed by atoms with E-state index in [9.17, 15) is 4.79 Å². The lowest BCUT2D eigenvalue weighted by molar-refractivity contribution is 0.168. The molecule has 3 rings (SSSR count). The first-order chi connectivity index (χ1) is 12.6. The molecule has 0 bridgehead atoms. The molecule has 0 aliphatic carbocycles. The second kappa shape index (κ2) is 9.72. The van der Waals surface area contributed by atoms with Crippen molar-refractivity contribution in [2.75, 3.05) is 39.3 Å². The van der Waals surface area contributed by atoms with Crippen molar-refractivity contribution >= 4 is 17.4 Å². The van der Waals surface area contributed by atoms with Crippen LogP contribution in [0.2, 0.25) is 0 Å². The van der Waals surface area contributed by atoms with Gasteiger partial charge in [-0.15, -0.1) is 11.3 Å². The summed E-state index contributed by atoms with van der Waals surface area (Å²) in [5.41, 5.74) is 0. The van der Waals surface area contributed by atoms with Gasteiger partial charge in [0.2, 0.25) is 0 Å². The maximum Gasteiger partial charge on any atom is 0.315 e. The molecule has 1 aromatic heterocycles. The number of nitrogens with zero attached hydrogens (tertiary/aromatic N) is 2. The molecule has 146 valence electrons. The molecule has 2 N–H and O–H groups in total. The molecule has 26 heavy (non-hydrogen) atoms. The Bertz CT molecular complexity index is 544. The Morgan fingerprint density at radius 3 is 2.81 bits per heavy atom. The van der Waals surface area contributed by atoms with Gasteiger partial charge in [-0.1, -0.05) is 13.0 Å². The predicted molar refractivity (Wildman–Crippen MR) is 109 cm³/mol. The molecule has 0 aromatic carbocycles. The highest BCUT2D eigenvalue weighted by Crippen LogP contribution is 2.27. The third-order valence-corrected chi connectivity index (χ3v) is 6.53. The number of carbonyl (C=O) groups excluding carboxylic acids is 1. The van der Waals surface area contributed by atoms with Crippen LogP contribution in [0.25, 0.3) is 0 Å². The minimum Gasteiger partial charge on any atom is -0.336 e. The predicted octanol–water partition coefficient (Wildman–Crippen LogP) is 3.30. The van der Waals surface area contributed by atoms with Gasteiger partial charge < -0.3 is 15.5 Å². The molecule has 2 saturated heterocycles. The number of likely N-dealkylation sites (tertiary alicyclic amines) is 2. The van der Waals surface area contributed by atoms with Crippen molar-refractivity contribution in [3.63, 3.8) is 0 Å². The lowest BCUT2D eigenvalue weighted by Gasteiger charge is -2.33. The molecule has 0 radical (unpaired) electrons. The Hall–Kier alpha value is -1.11. The maximum atomic E-state index is 12.4. The molecule has 2 amide bonds. The van der Waals surface area contributed by atoms with E-state index < -0.39 is 0 Å². The number of carbonyl (C=O) groups is 1. The van der Waals surface area contributed by atoms with E-state index in [4.69, 9.17) is 0 Å². The normalized spacial score (nSPS) is 24.3. The molecule has 3 unspecified atom stereocenters. The van der Waals surface area contributed by atoms with E-state index in [-0.39, 0.29) is 12.1 Å². The first-order valence-electron chi connectivity index (χ1n) is 10.2. The summed E-state index contributed by atoms with van der Waals surface area (Å²) in [6.07, 6.45) is 5.14. The Kier molecular flexibility index (Phi) is 7.34. The lowest BCUT2D eigenvalue weighted by atomic mass is 10.00. The Morgan fingerprint density at radius 1 is 1.31 bits per heavy atom. The summed E-state index contributed by atoms with van der Waals surface area (Å²) in [7, 11) is 0. The third kappa shape index (κ3) is 5.69. The maximum absolute atomic E-state index is 12.4. The van der Waals surface area contributed by atoms with E-state index >= 15 is 0 Å². The van der Waals surface area contributed by atoms with E-state index in [1.807, 2.05) is 0 Å². The summed E-state index contributed by atoms with van der Waals surface area (Å²) in [4.78, 5) is 18.7. The van der Waals surface area contributed by atoms with Gasteiger partial charge in [-0.25, -0.2) is 4.79 Å². The highest BCUT2D eigenvalue weighted by Gasteiger charge is 2.25. The van der Waals surface area contributed by atoms with Crippen molar-refractivity contribution in [2.45, 2.75) is 51.6 Å². The van der Waals surface area contributed by atoms with E-state index in [2.05, 4.69) is 51.8 Å². The monoisotopic (exact) mass is 378 g/mol. The molecular weight excluding hydrogens is 344 g/mol. The molecule has 2 fully saturated rings. The van der Waals surface area contributed by atoms with Crippen LogP contribution in [0.3, 0.4) is 0 Å². The van der Waals surface area contributed by atoms with Gasteiger partial charge in [-0.2, -0.15) is 0 Å². The van der Waals surface area contributed by atoms with Crippen LogP contribution in [0.5, 0.6) is 0 Å². The summed E-state index contributed by atoms with van der Waals surface area (Å²) in [6, 6.07) is 4.73. The molecule has 3 heterocycles. The van der Waals surface area contributed by atoms with Crippen LogP contribution in [0.15, 0.2) is 17.5 Å². The standard InChI is InChI=1S/C20H34N4OS/c1-16-7-5-9-23(14-16)15-17(2)22-20(25)21-13-18(19-8-6-12-26-19)24-10-3-4-11-24/h6,8,12,16-18H,3-5,7,9-11,13-15H2,1-2H3,(H2,21,22,25). The number of amides is 2. The quantitative estimate of drug-likeness (QED) is 0.765. The average molecular weight is 379 g/mol. The van der Waals surface area contributed by atoms with Gasteiger partial charge in [-0.05, 0) is 69.6 Å². The van der Waals surface area contributed by atoms with Gasteiger partial charge in [0.25, 0.3) is 0 Å². The number of hydrogen-bond acceptors (Lipinski definition) is 4. The zero-order chi connectivity index (χ0) is 18.4. The molecule has 0 spiro atoms. The van der Waals surface area contributed by atoms with Crippen LogP contribution in [-0.4, -0.2) is 61.1 Å². The minimum absolute atomic E-state index is 0.0386. The number of urea groups is 1. The molecular formula is C20H34N4OS. The minimum atomic E-state index is -0.0386. The third-order valence-electron chi connectivity index (χ3n) is 5.56. The number of hydrogen-bond donors (Lipinski definition) is 2. The molecule has 0 saturated carbocycles. The van der Waals surface area contributed by atoms with Gasteiger partial charge >= 0.3 is 6.03 Å². The Labute approximate surface area is 162 Å². The molecule has 6 heteroatoms. The molecule has 2 aliphatic heterocycles. The Balaban J connectivity index is 1.44. The molecule has 2 aliphatic rings. The van der Waals surface area contributed by atoms with Crippen LogP contribution in [0.1, 0.15) is 50.4 Å². The second-order valence-corrected chi connectivity index (χ2v) is 9.02. The Morgan fingerprint density at radius 2 is 2.12 bits per heavy atom. The first-order valence-corrected chi connectivity index (χ1v) is 11.0. The van der Waals surface area contributed by atoms with Crippen LogP contribution in [0, 0.1) is 5.92 Å². The van der Waals surface area contributed by atoms with Crippen molar-refractivity contribution < 1.29 is 4.79 Å². The van der Waals surface area contributed by atoms with Crippen molar-refractivity contribution in [1.82, 2.24) is 20.4 Å². The topological polar surface area (TPSA) is 47.6 Å². The summed E-state index contributed by atoms with van der Waals surface area (Å²) in [6.45, 7) is 10.6. The molecule has 3 atom stereocenters. The number of rotatable bonds is 7. The van der Waals surface area contributed by atoms with Crippen LogP contribution >= 0.6 is 11.3 Å². The largest absolute Gasteiger partial charge is 0.336 e. The SMILES string of the molecule is CC1CCCN(CC(C)NC(=O)NCC(c2cccs2)N2CCCC2)C1. The smallest absolute Gasteiger partial charge is 0.315 e. The van der Waals surface area contributed by atoms with Crippen LogP contribution < -0.4 is 10.6 Å². The molecule has 5 nitrogen and oxygen atoms in total. The fourth-order valence-electron chi connectivity index (χ4n) is 4.29. The summed E-state index contributed by atoms with van der Waals surface area (Å²) in [5.74, 6) is 0.775. The van der Waals surface area contributed by atoms with Crippen molar-refractivity contribution in [1.29, 1.82) is 0 Å². The van der Waals surface area contributed by atoms with Crippen molar-refractivity contribution in [2.24, 2.45) is 5.92 Å². The van der Waals surface area contributed by atoms with Crippen molar-refractivity contribution in [3.8, 4) is 0 Å². The van der Waals surface area contributed by atoms with Crippen LogP contribution in [0.4, 0.5) is 4.79 Å². The first kappa shape index (κ1) is 19.6. The van der Waals surface area contributed by atoms with Crippen LogP contribution in [-0.2, 0) is 0 Å². The van der Waals surface area contributed by atoms with Gasteiger partial charge in [0.1, 0.15) is 0 Å². The van der Waals surface area contributed by atoms with Gasteiger partial charge in [-0.3, -0.25) is 4.90 Å². The zero-order valence-corrected chi connectivity index (χ0v) is 17.1. The number of piperidine rings is 1.